The first kappa shape index (κ1) is 5.84. The van der Waals surface area contributed by atoms with E-state index < -0.39 is 38.3 Å². The lowest BCUT2D eigenvalue weighted by Gasteiger charge is -2.16. The third kappa shape index (κ3) is 4.97. The topological polar surface area (TPSA) is 67.4 Å². The van der Waals surface area contributed by atoms with E-state index in [1.165, 1.54) is 5.32 Å². The molecule has 98 valence electrons. The van der Waals surface area contributed by atoms with Crippen LogP contribution in [0.4, 0.5) is 0 Å². The molecule has 0 aliphatic rings. The van der Waals surface area contributed by atoms with Gasteiger partial charge in [0.2, 0.25) is 11.8 Å². The lowest BCUT2D eigenvalue weighted by atomic mass is 10.2. The van der Waals surface area contributed by atoms with Gasteiger partial charge in [-0.2, -0.15) is 0 Å². The second kappa shape index (κ2) is 7.45. The van der Waals surface area contributed by atoms with Crippen LogP contribution in [-0.4, -0.2) is 31.4 Å². The van der Waals surface area contributed by atoms with Gasteiger partial charge in [0, 0.05) is 24.5 Å². The van der Waals surface area contributed by atoms with Crippen molar-refractivity contribution < 1.29 is 26.7 Å². The SMILES string of the molecule is [2H]C([2H])([2H])OC([2H])([2H])C([2H])(NC(=O)C([2H])([2H])[2H])C(=O)NCc1ccccc1. The van der Waals surface area contributed by atoms with Gasteiger partial charge in [0.05, 0.1) is 14.8 Å². The van der Waals surface area contributed by atoms with Crippen molar-refractivity contribution in [3.05, 3.63) is 35.9 Å². The van der Waals surface area contributed by atoms with Crippen molar-refractivity contribution in [3.63, 3.8) is 0 Å². The Morgan fingerprint density at radius 1 is 1.50 bits per heavy atom. The van der Waals surface area contributed by atoms with Gasteiger partial charge in [-0.1, -0.05) is 30.3 Å². The second-order valence-electron chi connectivity index (χ2n) is 3.20. The zero-order chi connectivity index (χ0) is 21.1. The molecule has 1 aromatic carbocycles. The summed E-state index contributed by atoms with van der Waals surface area (Å²) < 4.78 is 69.6. The predicted octanol–water partition coefficient (Wildman–Crippen LogP) is 0.454. The molecule has 1 aromatic rings. The highest BCUT2D eigenvalue weighted by molar-refractivity contribution is 5.86. The Hall–Kier alpha value is -1.88. The highest BCUT2D eigenvalue weighted by Gasteiger charge is 2.18. The first-order chi connectivity index (χ1) is 12.1. The van der Waals surface area contributed by atoms with Crippen molar-refractivity contribution in [1.29, 1.82) is 0 Å². The summed E-state index contributed by atoms with van der Waals surface area (Å²) in [5, 5.41) is 3.60. The molecule has 0 heterocycles. The number of nitrogens with one attached hydrogen (secondary N) is 2. The highest BCUT2D eigenvalue weighted by atomic mass is 16.5. The summed E-state index contributed by atoms with van der Waals surface area (Å²) in [6.45, 7) is -7.07. The van der Waals surface area contributed by atoms with Gasteiger partial charge >= 0.3 is 0 Å². The first-order valence-corrected chi connectivity index (χ1v) is 4.93. The van der Waals surface area contributed by atoms with Crippen LogP contribution < -0.4 is 10.6 Å². The maximum absolute atomic E-state index is 12.4. The van der Waals surface area contributed by atoms with Gasteiger partial charge < -0.3 is 15.4 Å². The molecular formula is C13H18N2O3. The quantitative estimate of drug-likeness (QED) is 0.779. The molecule has 0 bridgehead atoms. The van der Waals surface area contributed by atoms with E-state index in [0.29, 0.717) is 5.56 Å². The second-order valence-corrected chi connectivity index (χ2v) is 3.20. The zero-order valence-electron chi connectivity index (χ0n) is 18.3. The maximum atomic E-state index is 12.4. The summed E-state index contributed by atoms with van der Waals surface area (Å²) in [5.41, 5.74) is 0.563. The van der Waals surface area contributed by atoms with Crippen LogP contribution in [-0.2, 0) is 20.9 Å². The number of carbonyl (C=O) groups excluding carboxylic acids is 2. The van der Waals surface area contributed by atoms with Crippen LogP contribution in [0.1, 0.15) is 24.8 Å². The molecule has 0 saturated carbocycles. The van der Waals surface area contributed by atoms with E-state index in [9.17, 15) is 9.59 Å². The van der Waals surface area contributed by atoms with Crippen molar-refractivity contribution in [2.45, 2.75) is 19.4 Å². The van der Waals surface area contributed by atoms with Crippen LogP contribution >= 0.6 is 0 Å². The number of hydrogen-bond donors (Lipinski definition) is 2. The Morgan fingerprint density at radius 2 is 2.28 bits per heavy atom. The molecule has 5 nitrogen and oxygen atoms in total. The van der Waals surface area contributed by atoms with Crippen molar-refractivity contribution >= 4 is 11.8 Å². The molecule has 0 saturated heterocycles. The lowest BCUT2D eigenvalue weighted by molar-refractivity contribution is -0.129. The average Bonchev–Trinajstić information content (AvgIpc) is 2.50. The Balaban J connectivity index is 3.15. The first-order valence-electron chi connectivity index (χ1n) is 9.43. The minimum Gasteiger partial charge on any atom is -0.382 e. The van der Waals surface area contributed by atoms with Gasteiger partial charge in [-0.05, 0) is 5.56 Å². The third-order valence-electron chi connectivity index (χ3n) is 1.91. The number of ether oxygens (including phenoxy) is 1. The van der Waals surface area contributed by atoms with Crippen molar-refractivity contribution in [3.8, 4) is 0 Å². The minimum absolute atomic E-state index is 0.187. The van der Waals surface area contributed by atoms with Crippen LogP contribution in [0.5, 0.6) is 0 Å². The molecule has 0 aliphatic heterocycles. The van der Waals surface area contributed by atoms with Gasteiger partial charge in [0.15, 0.2) is 0 Å². The van der Waals surface area contributed by atoms with Gasteiger partial charge in [0.1, 0.15) is 6.02 Å². The Kier molecular flexibility index (Phi) is 2.42. The average molecular weight is 259 g/mol. The highest BCUT2D eigenvalue weighted by Crippen LogP contribution is 1.97. The van der Waals surface area contributed by atoms with E-state index >= 15 is 0 Å². The maximum Gasteiger partial charge on any atom is 0.245 e. The predicted molar refractivity (Wildman–Crippen MR) is 67.8 cm³/mol. The van der Waals surface area contributed by atoms with Crippen LogP contribution in [0.3, 0.4) is 0 Å². The lowest BCUT2D eigenvalue weighted by Crippen LogP contribution is -2.48. The van der Waals surface area contributed by atoms with Crippen LogP contribution in [0.15, 0.2) is 30.3 Å². The Labute approximate surface area is 119 Å². The number of amides is 2. The molecule has 5 heteroatoms. The van der Waals surface area contributed by atoms with Gasteiger partial charge in [-0.15, -0.1) is 0 Å². The normalized spacial score (nSPS) is 23.0. The van der Waals surface area contributed by atoms with Gasteiger partial charge in [-0.25, -0.2) is 0 Å². The standard InChI is InChI=1S/C13H18N2O3/c1-10(16)15-12(9-18-2)13(17)14-8-11-6-4-3-5-7-11/h3-7,12H,8-9H2,1-2H3,(H,14,17)(H,15,16)/i1D3,2D3,9D2,12D. The molecule has 0 spiro atoms. The molecule has 2 amide bonds. The molecular weight excluding hydrogens is 232 g/mol. The van der Waals surface area contributed by atoms with Crippen LogP contribution in [0, 0.1) is 0 Å². The summed E-state index contributed by atoms with van der Waals surface area (Å²) in [7, 11) is -3.36. The molecule has 0 fully saturated rings. The number of hydrogen-bond acceptors (Lipinski definition) is 3. The summed E-state index contributed by atoms with van der Waals surface area (Å²) in [4.78, 5) is 24.2. The van der Waals surface area contributed by atoms with E-state index in [0.717, 1.165) is 0 Å². The Morgan fingerprint density at radius 3 is 2.94 bits per heavy atom. The molecule has 1 atom stereocenters. The summed E-state index contributed by atoms with van der Waals surface area (Å²) in [6, 6.07) is 4.85. The van der Waals surface area contributed by atoms with E-state index in [1.54, 1.807) is 30.3 Å². The van der Waals surface area contributed by atoms with E-state index in [4.69, 9.17) is 12.3 Å². The fraction of sp³-hybridized carbons (Fsp3) is 0.385. The van der Waals surface area contributed by atoms with Crippen molar-refractivity contribution in [2.24, 2.45) is 0 Å². The summed E-state index contributed by atoms with van der Waals surface area (Å²) in [5.74, 6) is -3.30. The molecule has 18 heavy (non-hydrogen) atoms. The summed E-state index contributed by atoms with van der Waals surface area (Å²) in [6.07, 6.45) is 0. The molecule has 0 aromatic heterocycles. The number of rotatable bonds is 6. The van der Waals surface area contributed by atoms with Crippen LogP contribution in [0.25, 0.3) is 0 Å². The molecule has 2 N–H and O–H groups in total. The number of methoxy groups -OCH3 is 1. The molecule has 0 aliphatic carbocycles. The smallest absolute Gasteiger partial charge is 0.245 e. The molecule has 1 rings (SSSR count). The fourth-order valence-corrected chi connectivity index (χ4v) is 1.16. The van der Waals surface area contributed by atoms with Crippen molar-refractivity contribution in [1.82, 2.24) is 10.6 Å². The zero-order valence-corrected chi connectivity index (χ0v) is 9.32. The van der Waals surface area contributed by atoms with E-state index in [2.05, 4.69) is 10.1 Å². The van der Waals surface area contributed by atoms with Crippen LogP contribution in [0.2, 0.25) is 0 Å². The summed E-state index contributed by atoms with van der Waals surface area (Å²) >= 11 is 0. The number of benzene rings is 1. The van der Waals surface area contributed by atoms with Crippen molar-refractivity contribution in [2.75, 3.05) is 13.6 Å². The minimum atomic E-state index is -3.58. The van der Waals surface area contributed by atoms with Gasteiger partial charge in [0.25, 0.3) is 0 Å². The largest absolute Gasteiger partial charge is 0.382 e. The fourth-order valence-electron chi connectivity index (χ4n) is 1.16. The monoisotopic (exact) mass is 259 g/mol. The van der Waals surface area contributed by atoms with E-state index in [-0.39, 0.29) is 6.54 Å². The molecule has 1 unspecified atom stereocenters. The van der Waals surface area contributed by atoms with E-state index in [1.807, 2.05) is 0 Å². The van der Waals surface area contributed by atoms with Gasteiger partial charge in [-0.3, -0.25) is 9.59 Å². The third-order valence-corrected chi connectivity index (χ3v) is 1.91. The Bertz CT molecular complexity index is 676. The number of carbonyl (C=O) groups is 2. The molecule has 0 radical (unpaired) electrons.